The van der Waals surface area contributed by atoms with Crippen molar-refractivity contribution in [3.05, 3.63) is 46.7 Å². The molecule has 4 rings (SSSR count). The number of aliphatic carboxylic acids is 2. The molecule has 0 saturated carbocycles. The summed E-state index contributed by atoms with van der Waals surface area (Å²) in [4.78, 5) is 43.8. The van der Waals surface area contributed by atoms with Crippen molar-refractivity contribution in [2.75, 3.05) is 19.6 Å². The van der Waals surface area contributed by atoms with E-state index in [-0.39, 0.29) is 5.41 Å². The minimum absolute atomic E-state index is 0.178. The zero-order valence-electron chi connectivity index (χ0n) is 19.7. The van der Waals surface area contributed by atoms with Crippen molar-refractivity contribution in [3.8, 4) is 0 Å². The molecule has 2 aromatic heterocycles. The van der Waals surface area contributed by atoms with Crippen LogP contribution in [0.1, 0.15) is 29.8 Å². The van der Waals surface area contributed by atoms with E-state index in [9.17, 15) is 31.1 Å². The largest absolute Gasteiger partial charge is 0.490 e. The number of hydrogen-bond acceptors (Lipinski definition) is 7. The predicted molar refractivity (Wildman–Crippen MR) is 121 cm³/mol. The predicted octanol–water partition coefficient (Wildman–Crippen LogP) is 3.82. The van der Waals surface area contributed by atoms with Crippen molar-refractivity contribution in [3.63, 3.8) is 0 Å². The molecule has 9 nitrogen and oxygen atoms in total. The number of rotatable bonds is 4. The van der Waals surface area contributed by atoms with E-state index in [4.69, 9.17) is 19.8 Å². The Kier molecular flexibility index (Phi) is 10.6. The quantitative estimate of drug-likeness (QED) is 0.532. The lowest BCUT2D eigenvalue weighted by atomic mass is 9.78. The first-order valence-electron chi connectivity index (χ1n) is 11.0. The van der Waals surface area contributed by atoms with Gasteiger partial charge in [-0.2, -0.15) is 26.3 Å². The standard InChI is InChI=1S/C18H22N4OS.2C2HF3O2/c23-17-18(5-10-22(17)12-15-2-6-19-7-3-15)4-1-9-21(14-18)13-16-20-8-11-24-16;2*3-2(4,5)1(6)7/h2-3,6-8,11H,1,4-5,9-10,12-14H2;2*(H,6,7). The van der Waals surface area contributed by atoms with Gasteiger partial charge >= 0.3 is 24.3 Å². The second-order valence-corrected chi connectivity index (χ2v) is 9.44. The fourth-order valence-corrected chi connectivity index (χ4v) is 4.67. The van der Waals surface area contributed by atoms with Gasteiger partial charge in [-0.3, -0.25) is 14.7 Å². The number of piperidine rings is 1. The minimum Gasteiger partial charge on any atom is -0.475 e. The minimum atomic E-state index is -5.08. The summed E-state index contributed by atoms with van der Waals surface area (Å²) in [5, 5.41) is 17.4. The van der Waals surface area contributed by atoms with E-state index >= 15 is 0 Å². The summed E-state index contributed by atoms with van der Waals surface area (Å²) < 4.78 is 63.5. The zero-order chi connectivity index (χ0) is 28.6. The molecule has 16 heteroatoms. The number of carbonyl (C=O) groups is 3. The van der Waals surface area contributed by atoms with Gasteiger partial charge in [0.2, 0.25) is 5.91 Å². The lowest BCUT2D eigenvalue weighted by molar-refractivity contribution is -0.193. The normalized spacial score (nSPS) is 19.8. The van der Waals surface area contributed by atoms with Gasteiger partial charge in [-0.25, -0.2) is 14.6 Å². The summed E-state index contributed by atoms with van der Waals surface area (Å²) in [6, 6.07) is 3.99. The lowest BCUT2D eigenvalue weighted by Crippen LogP contribution is -2.47. The van der Waals surface area contributed by atoms with E-state index in [2.05, 4.69) is 14.9 Å². The van der Waals surface area contributed by atoms with Gasteiger partial charge in [-0.05, 0) is 43.5 Å². The molecule has 0 radical (unpaired) electrons. The van der Waals surface area contributed by atoms with Gasteiger partial charge in [0.15, 0.2) is 0 Å². The molecular weight excluding hydrogens is 546 g/mol. The van der Waals surface area contributed by atoms with Crippen LogP contribution in [0.4, 0.5) is 26.3 Å². The highest BCUT2D eigenvalue weighted by molar-refractivity contribution is 7.09. The second kappa shape index (κ2) is 13.0. The molecule has 0 aromatic carbocycles. The Morgan fingerprint density at radius 2 is 1.53 bits per heavy atom. The molecule has 0 aliphatic carbocycles. The van der Waals surface area contributed by atoms with E-state index in [1.165, 1.54) is 0 Å². The molecular formula is C22H24F6N4O5S. The van der Waals surface area contributed by atoms with Gasteiger partial charge in [0.1, 0.15) is 5.01 Å². The topological polar surface area (TPSA) is 124 Å². The first kappa shape index (κ1) is 31.0. The van der Waals surface area contributed by atoms with Gasteiger partial charge in [0.05, 0.1) is 12.0 Å². The summed E-state index contributed by atoms with van der Waals surface area (Å²) in [5.41, 5.74) is 0.980. The maximum absolute atomic E-state index is 13.1. The Labute approximate surface area is 216 Å². The fraction of sp³-hybridized carbons (Fsp3) is 0.500. The Morgan fingerprint density at radius 3 is 2.03 bits per heavy atom. The van der Waals surface area contributed by atoms with Crippen molar-refractivity contribution >= 4 is 29.2 Å². The van der Waals surface area contributed by atoms with E-state index in [0.29, 0.717) is 12.5 Å². The number of carbonyl (C=O) groups excluding carboxylic acids is 1. The van der Waals surface area contributed by atoms with Crippen LogP contribution in [0.2, 0.25) is 0 Å². The van der Waals surface area contributed by atoms with Crippen molar-refractivity contribution in [2.24, 2.45) is 5.41 Å². The Balaban J connectivity index is 0.000000301. The van der Waals surface area contributed by atoms with Crippen LogP contribution >= 0.6 is 11.3 Å². The summed E-state index contributed by atoms with van der Waals surface area (Å²) in [6.45, 7) is 4.39. The number of likely N-dealkylation sites (tertiary alicyclic amines) is 2. The van der Waals surface area contributed by atoms with Crippen LogP contribution in [0.15, 0.2) is 36.1 Å². The Hall–Kier alpha value is -3.27. The molecule has 2 fully saturated rings. The summed E-state index contributed by atoms with van der Waals surface area (Å²) in [6.07, 6.45) is -1.63. The number of nitrogens with zero attached hydrogens (tertiary/aromatic N) is 4. The Bertz CT molecular complexity index is 1040. The number of hydrogen-bond donors (Lipinski definition) is 2. The van der Waals surface area contributed by atoms with Gasteiger partial charge in [-0.15, -0.1) is 11.3 Å². The number of aromatic nitrogens is 2. The fourth-order valence-electron chi connectivity index (χ4n) is 4.02. The smallest absolute Gasteiger partial charge is 0.475 e. The van der Waals surface area contributed by atoms with E-state index in [0.717, 1.165) is 56.0 Å². The Morgan fingerprint density at radius 1 is 0.947 bits per heavy atom. The molecule has 38 heavy (non-hydrogen) atoms. The molecule has 210 valence electrons. The molecule has 2 N–H and O–H groups in total. The number of amides is 1. The lowest BCUT2D eigenvalue weighted by Gasteiger charge is -2.38. The molecule has 2 saturated heterocycles. The molecule has 2 aliphatic rings. The highest BCUT2D eigenvalue weighted by Crippen LogP contribution is 2.41. The maximum atomic E-state index is 13.1. The summed E-state index contributed by atoms with van der Waals surface area (Å²) >= 11 is 1.70. The van der Waals surface area contributed by atoms with E-state index in [1.54, 1.807) is 23.7 Å². The van der Waals surface area contributed by atoms with Crippen molar-refractivity contribution < 1.29 is 50.9 Å². The van der Waals surface area contributed by atoms with Crippen LogP contribution in [-0.4, -0.2) is 79.8 Å². The van der Waals surface area contributed by atoms with Crippen LogP contribution in [0, 0.1) is 5.41 Å². The van der Waals surface area contributed by atoms with E-state index < -0.39 is 24.3 Å². The van der Waals surface area contributed by atoms with Crippen LogP contribution in [0.5, 0.6) is 0 Å². The zero-order valence-corrected chi connectivity index (χ0v) is 20.5. The maximum Gasteiger partial charge on any atom is 0.490 e. The SMILES string of the molecule is O=C(O)C(F)(F)F.O=C(O)C(F)(F)F.O=C1N(Cc2ccncc2)CCC12CCCN(Cc1nccs1)C2. The third-order valence-corrected chi connectivity index (χ3v) is 6.47. The number of carboxylic acid groups (broad SMARTS) is 2. The number of alkyl halides is 6. The molecule has 1 amide bonds. The third-order valence-electron chi connectivity index (χ3n) is 5.71. The summed E-state index contributed by atoms with van der Waals surface area (Å²) in [5.74, 6) is -5.18. The highest BCUT2D eigenvalue weighted by Gasteiger charge is 2.48. The first-order chi connectivity index (χ1) is 17.6. The average Bonchev–Trinajstić information content (AvgIpc) is 3.44. The van der Waals surface area contributed by atoms with Gasteiger partial charge < -0.3 is 15.1 Å². The number of carboxylic acids is 2. The molecule has 1 atom stereocenters. The average molecular weight is 571 g/mol. The van der Waals surface area contributed by atoms with Crippen LogP contribution in [-0.2, 0) is 27.5 Å². The van der Waals surface area contributed by atoms with Gasteiger partial charge in [-0.1, -0.05) is 0 Å². The number of halogens is 6. The van der Waals surface area contributed by atoms with Crippen LogP contribution < -0.4 is 0 Å². The van der Waals surface area contributed by atoms with Crippen molar-refractivity contribution in [2.45, 2.75) is 44.7 Å². The first-order valence-corrected chi connectivity index (χ1v) is 11.9. The highest BCUT2D eigenvalue weighted by atomic mass is 32.1. The molecule has 4 heterocycles. The molecule has 2 aromatic rings. The van der Waals surface area contributed by atoms with Crippen molar-refractivity contribution in [1.82, 2.24) is 19.8 Å². The molecule has 1 spiro atoms. The van der Waals surface area contributed by atoms with Gasteiger partial charge in [0, 0.05) is 43.6 Å². The molecule has 2 aliphatic heterocycles. The number of pyridine rings is 1. The van der Waals surface area contributed by atoms with E-state index in [1.807, 2.05) is 28.6 Å². The second-order valence-electron chi connectivity index (χ2n) is 8.46. The molecule has 1 unspecified atom stereocenters. The van der Waals surface area contributed by atoms with Crippen LogP contribution in [0.25, 0.3) is 0 Å². The van der Waals surface area contributed by atoms with Gasteiger partial charge in [0.25, 0.3) is 0 Å². The summed E-state index contributed by atoms with van der Waals surface area (Å²) in [7, 11) is 0. The van der Waals surface area contributed by atoms with Crippen molar-refractivity contribution in [1.29, 1.82) is 0 Å². The van der Waals surface area contributed by atoms with Crippen LogP contribution in [0.3, 0.4) is 0 Å². The third kappa shape index (κ3) is 9.24. The monoisotopic (exact) mass is 570 g/mol. The number of thiazole rings is 1. The molecule has 0 bridgehead atoms.